The van der Waals surface area contributed by atoms with Gasteiger partial charge < -0.3 is 14.7 Å². The van der Waals surface area contributed by atoms with Crippen molar-refractivity contribution in [3.63, 3.8) is 0 Å². The highest BCUT2D eigenvalue weighted by atomic mass is 16.6. The lowest BCUT2D eigenvalue weighted by Crippen LogP contribution is -2.53. The zero-order valence-corrected chi connectivity index (χ0v) is 12.0. The maximum atomic E-state index is 12.3. The van der Waals surface area contributed by atoms with Gasteiger partial charge >= 0.3 is 12.1 Å². The van der Waals surface area contributed by atoms with E-state index in [4.69, 9.17) is 4.74 Å². The number of aliphatic carboxylic acids is 1. The Labute approximate surface area is 113 Å². The molecule has 2 heterocycles. The van der Waals surface area contributed by atoms with E-state index in [-0.39, 0.29) is 30.0 Å². The van der Waals surface area contributed by atoms with Crippen LogP contribution in [0.1, 0.15) is 47.0 Å². The molecule has 2 bridgehead atoms. The van der Waals surface area contributed by atoms with Gasteiger partial charge in [-0.05, 0) is 46.0 Å². The number of carbonyl (C=O) groups excluding carboxylic acids is 1. The summed E-state index contributed by atoms with van der Waals surface area (Å²) in [5.41, 5.74) is -0.511. The summed E-state index contributed by atoms with van der Waals surface area (Å²) in [5, 5.41) is 9.25. The van der Waals surface area contributed by atoms with Gasteiger partial charge in [0.25, 0.3) is 0 Å². The van der Waals surface area contributed by atoms with E-state index in [2.05, 4.69) is 0 Å². The molecule has 2 fully saturated rings. The maximum Gasteiger partial charge on any atom is 0.410 e. The molecule has 5 nitrogen and oxygen atoms in total. The van der Waals surface area contributed by atoms with Gasteiger partial charge in [0.05, 0.1) is 5.92 Å². The molecule has 4 atom stereocenters. The first-order valence-electron chi connectivity index (χ1n) is 6.95. The second-order valence-corrected chi connectivity index (χ2v) is 6.73. The first kappa shape index (κ1) is 14.2. The van der Waals surface area contributed by atoms with Gasteiger partial charge in [-0.15, -0.1) is 0 Å². The van der Waals surface area contributed by atoms with Crippen molar-refractivity contribution in [2.24, 2.45) is 11.8 Å². The second-order valence-electron chi connectivity index (χ2n) is 6.73. The molecule has 0 aliphatic carbocycles. The van der Waals surface area contributed by atoms with Crippen molar-refractivity contribution < 1.29 is 19.4 Å². The zero-order chi connectivity index (χ0) is 14.4. The number of carboxylic acid groups (broad SMARTS) is 1. The lowest BCUT2D eigenvalue weighted by atomic mass is 9.81. The number of amides is 1. The normalized spacial score (nSPS) is 34.2. The molecule has 2 rings (SSSR count). The molecule has 2 aliphatic heterocycles. The van der Waals surface area contributed by atoms with Gasteiger partial charge in [0.2, 0.25) is 0 Å². The molecule has 0 aromatic carbocycles. The molecule has 1 N–H and O–H groups in total. The number of carbonyl (C=O) groups is 2. The van der Waals surface area contributed by atoms with E-state index in [9.17, 15) is 14.7 Å². The average molecular weight is 269 g/mol. The monoisotopic (exact) mass is 269 g/mol. The van der Waals surface area contributed by atoms with Gasteiger partial charge in [-0.2, -0.15) is 0 Å². The molecular weight excluding hydrogens is 246 g/mol. The summed E-state index contributed by atoms with van der Waals surface area (Å²) in [6.45, 7) is 7.48. The van der Waals surface area contributed by atoms with Crippen molar-refractivity contribution in [1.82, 2.24) is 4.90 Å². The van der Waals surface area contributed by atoms with Gasteiger partial charge in [-0.1, -0.05) is 6.92 Å². The van der Waals surface area contributed by atoms with E-state index >= 15 is 0 Å². The first-order valence-corrected chi connectivity index (χ1v) is 6.95. The highest BCUT2D eigenvalue weighted by Crippen LogP contribution is 2.43. The molecule has 0 saturated carbocycles. The zero-order valence-electron chi connectivity index (χ0n) is 12.0. The van der Waals surface area contributed by atoms with Crippen LogP contribution < -0.4 is 0 Å². The third-order valence-electron chi connectivity index (χ3n) is 4.24. The molecule has 0 radical (unpaired) electrons. The lowest BCUT2D eigenvalue weighted by molar-refractivity contribution is -0.147. The van der Waals surface area contributed by atoms with Crippen LogP contribution in [-0.4, -0.2) is 39.8 Å². The highest BCUT2D eigenvalue weighted by Gasteiger charge is 2.50. The molecule has 1 amide bonds. The highest BCUT2D eigenvalue weighted by molar-refractivity contribution is 5.73. The van der Waals surface area contributed by atoms with Crippen LogP contribution >= 0.6 is 0 Å². The van der Waals surface area contributed by atoms with E-state index in [0.29, 0.717) is 6.42 Å². The van der Waals surface area contributed by atoms with Crippen molar-refractivity contribution in [2.75, 3.05) is 0 Å². The topological polar surface area (TPSA) is 66.8 Å². The molecule has 0 unspecified atom stereocenters. The van der Waals surface area contributed by atoms with Gasteiger partial charge in [0.15, 0.2) is 0 Å². The summed E-state index contributed by atoms with van der Waals surface area (Å²) in [6, 6.07) is 0.0341. The number of piperidine rings is 1. The number of rotatable bonds is 1. The minimum atomic E-state index is -0.742. The van der Waals surface area contributed by atoms with Gasteiger partial charge in [-0.25, -0.2) is 4.79 Å². The Bertz CT molecular complexity index is 387. The molecule has 2 saturated heterocycles. The van der Waals surface area contributed by atoms with Crippen LogP contribution in [0.5, 0.6) is 0 Å². The molecule has 5 heteroatoms. The molecule has 0 aromatic rings. The van der Waals surface area contributed by atoms with E-state index < -0.39 is 11.6 Å². The van der Waals surface area contributed by atoms with E-state index in [1.807, 2.05) is 27.7 Å². The van der Waals surface area contributed by atoms with Crippen LogP contribution in [0.3, 0.4) is 0 Å². The number of fused-ring (bicyclic) bond motifs is 2. The van der Waals surface area contributed by atoms with Crippen molar-refractivity contribution in [2.45, 2.75) is 64.6 Å². The van der Waals surface area contributed by atoms with Crippen molar-refractivity contribution >= 4 is 12.1 Å². The number of nitrogens with zero attached hydrogens (tertiary/aromatic N) is 1. The van der Waals surface area contributed by atoms with Gasteiger partial charge in [0, 0.05) is 12.1 Å². The quantitative estimate of drug-likeness (QED) is 0.794. The summed E-state index contributed by atoms with van der Waals surface area (Å²) >= 11 is 0. The van der Waals surface area contributed by atoms with Crippen LogP contribution in [0.4, 0.5) is 4.79 Å². The van der Waals surface area contributed by atoms with Crippen molar-refractivity contribution in [3.05, 3.63) is 0 Å². The van der Waals surface area contributed by atoms with Crippen LogP contribution in [-0.2, 0) is 9.53 Å². The number of carboxylic acids is 1. The predicted octanol–water partition coefficient (Wildman–Crippen LogP) is 2.50. The molecule has 0 aromatic heterocycles. The lowest BCUT2D eigenvalue weighted by Gasteiger charge is -2.42. The Morgan fingerprint density at radius 2 is 1.89 bits per heavy atom. The number of hydrogen-bond acceptors (Lipinski definition) is 3. The number of ether oxygens (including phenoxy) is 1. The van der Waals surface area contributed by atoms with E-state index in [1.165, 1.54) is 0 Å². The Morgan fingerprint density at radius 1 is 1.26 bits per heavy atom. The Morgan fingerprint density at radius 3 is 2.42 bits per heavy atom. The van der Waals surface area contributed by atoms with Crippen molar-refractivity contribution in [1.29, 1.82) is 0 Å². The van der Waals surface area contributed by atoms with E-state index in [0.717, 1.165) is 12.8 Å². The summed E-state index contributed by atoms with van der Waals surface area (Å²) < 4.78 is 5.44. The summed E-state index contributed by atoms with van der Waals surface area (Å²) in [6.07, 6.45) is 2.02. The van der Waals surface area contributed by atoms with Crippen LogP contribution in [0.15, 0.2) is 0 Å². The maximum absolute atomic E-state index is 12.3. The average Bonchev–Trinajstić information content (AvgIpc) is 2.58. The van der Waals surface area contributed by atoms with Gasteiger partial charge in [-0.3, -0.25) is 4.79 Å². The third kappa shape index (κ3) is 2.69. The fourth-order valence-electron chi connectivity index (χ4n) is 3.36. The predicted molar refractivity (Wildman–Crippen MR) is 69.8 cm³/mol. The summed E-state index contributed by atoms with van der Waals surface area (Å²) in [4.78, 5) is 25.3. The number of hydrogen-bond donors (Lipinski definition) is 1. The summed E-state index contributed by atoms with van der Waals surface area (Å²) in [5.74, 6) is -1.09. The van der Waals surface area contributed by atoms with Crippen molar-refractivity contribution in [3.8, 4) is 0 Å². The molecule has 0 spiro atoms. The first-order chi connectivity index (χ1) is 8.70. The van der Waals surface area contributed by atoms with E-state index in [1.54, 1.807) is 4.90 Å². The van der Waals surface area contributed by atoms with Crippen LogP contribution in [0, 0.1) is 11.8 Å². The minimum Gasteiger partial charge on any atom is -0.481 e. The SMILES string of the molecule is C[C@H]1[C@H]2CC[C@H](C[C@H]1C(=O)O)N2C(=O)OC(C)(C)C. The smallest absolute Gasteiger partial charge is 0.410 e. The summed E-state index contributed by atoms with van der Waals surface area (Å²) in [7, 11) is 0. The minimum absolute atomic E-state index is 0.00898. The van der Waals surface area contributed by atoms with Crippen LogP contribution in [0.2, 0.25) is 0 Å². The van der Waals surface area contributed by atoms with Crippen LogP contribution in [0.25, 0.3) is 0 Å². The molecule has 19 heavy (non-hydrogen) atoms. The molecule has 108 valence electrons. The molecular formula is C14H23NO4. The second kappa shape index (κ2) is 4.69. The fourth-order valence-corrected chi connectivity index (χ4v) is 3.36. The Balaban J connectivity index is 2.13. The van der Waals surface area contributed by atoms with Gasteiger partial charge in [0.1, 0.15) is 5.60 Å². The standard InChI is InChI=1S/C14H23NO4/c1-8-10(12(16)17)7-9-5-6-11(8)15(9)13(18)19-14(2,3)4/h8-11H,5-7H2,1-4H3,(H,16,17)/t8-,9-,10-,11-/m1/s1. The Hall–Kier alpha value is -1.26. The third-order valence-corrected chi connectivity index (χ3v) is 4.24. The Kier molecular flexibility index (Phi) is 3.49. The molecule has 2 aliphatic rings. The largest absolute Gasteiger partial charge is 0.481 e. The fraction of sp³-hybridized carbons (Fsp3) is 0.857.